The molecule has 0 saturated carbocycles. The van der Waals surface area contributed by atoms with Gasteiger partial charge >= 0.3 is 0 Å². The first kappa shape index (κ1) is 15.7. The number of methoxy groups -OCH3 is 1. The number of hydrogen-bond donors (Lipinski definition) is 2. The number of rotatable bonds is 5. The predicted molar refractivity (Wildman–Crippen MR) is 87.4 cm³/mol. The number of nitrogen functional groups attached to an aromatic ring is 1. The molecule has 0 aromatic heterocycles. The van der Waals surface area contributed by atoms with Crippen molar-refractivity contribution in [3.8, 4) is 11.5 Å². The van der Waals surface area contributed by atoms with E-state index in [0.717, 1.165) is 5.56 Å². The molecule has 1 amide bonds. The van der Waals surface area contributed by atoms with E-state index in [1.165, 1.54) is 5.56 Å². The molecule has 0 aliphatic rings. The quantitative estimate of drug-likeness (QED) is 0.833. The van der Waals surface area contributed by atoms with E-state index < -0.39 is 0 Å². The lowest BCUT2D eigenvalue weighted by atomic mass is 10.1. The van der Waals surface area contributed by atoms with Crippen molar-refractivity contribution in [2.75, 3.05) is 24.8 Å². The summed E-state index contributed by atoms with van der Waals surface area (Å²) in [6, 6.07) is 10.8. The van der Waals surface area contributed by atoms with E-state index in [1.54, 1.807) is 25.3 Å². The van der Waals surface area contributed by atoms with Gasteiger partial charge in [0.15, 0.2) is 6.61 Å². The van der Waals surface area contributed by atoms with Gasteiger partial charge in [-0.3, -0.25) is 4.79 Å². The molecule has 2 aromatic rings. The molecule has 0 atom stereocenters. The Labute approximate surface area is 130 Å². The number of anilines is 2. The van der Waals surface area contributed by atoms with E-state index in [2.05, 4.69) is 5.32 Å². The second-order valence-electron chi connectivity index (χ2n) is 5.04. The third-order valence-corrected chi connectivity index (χ3v) is 3.38. The van der Waals surface area contributed by atoms with Crippen molar-refractivity contribution >= 4 is 17.3 Å². The lowest BCUT2D eigenvalue weighted by Crippen LogP contribution is -2.20. The average Bonchev–Trinajstić information content (AvgIpc) is 2.50. The zero-order valence-electron chi connectivity index (χ0n) is 13.0. The fourth-order valence-corrected chi connectivity index (χ4v) is 1.92. The van der Waals surface area contributed by atoms with Gasteiger partial charge in [-0.05, 0) is 49.2 Å². The van der Waals surface area contributed by atoms with Gasteiger partial charge in [0.2, 0.25) is 0 Å². The molecule has 0 saturated heterocycles. The van der Waals surface area contributed by atoms with Gasteiger partial charge in [0.1, 0.15) is 11.5 Å². The van der Waals surface area contributed by atoms with Gasteiger partial charge in [-0.2, -0.15) is 0 Å². The smallest absolute Gasteiger partial charge is 0.262 e. The molecule has 0 radical (unpaired) electrons. The van der Waals surface area contributed by atoms with Crippen molar-refractivity contribution in [2.24, 2.45) is 0 Å². The maximum absolute atomic E-state index is 11.9. The molecular formula is C17H20N2O3. The van der Waals surface area contributed by atoms with E-state index in [0.29, 0.717) is 22.9 Å². The zero-order valence-corrected chi connectivity index (χ0v) is 13.0. The Kier molecular flexibility index (Phi) is 4.88. The first-order chi connectivity index (χ1) is 10.5. The fourth-order valence-electron chi connectivity index (χ4n) is 1.92. The molecular weight excluding hydrogens is 280 g/mol. The van der Waals surface area contributed by atoms with Crippen LogP contribution in [0.15, 0.2) is 36.4 Å². The highest BCUT2D eigenvalue weighted by molar-refractivity contribution is 5.95. The van der Waals surface area contributed by atoms with Crippen LogP contribution < -0.4 is 20.5 Å². The van der Waals surface area contributed by atoms with Crippen LogP contribution in [0.3, 0.4) is 0 Å². The first-order valence-electron chi connectivity index (χ1n) is 6.93. The first-order valence-corrected chi connectivity index (χ1v) is 6.93. The molecule has 116 valence electrons. The fraction of sp³-hybridized carbons (Fsp3) is 0.235. The van der Waals surface area contributed by atoms with Crippen LogP contribution in [0.4, 0.5) is 11.4 Å². The van der Waals surface area contributed by atoms with E-state index in [4.69, 9.17) is 15.2 Å². The van der Waals surface area contributed by atoms with Crippen molar-refractivity contribution in [1.82, 2.24) is 0 Å². The standard InChI is InChI=1S/C17H20N2O3/c1-11-4-5-14(8-12(11)2)22-10-17(20)19-16-7-6-13(21-3)9-15(16)18/h4-9H,10,18H2,1-3H3,(H,19,20). The van der Waals surface area contributed by atoms with Gasteiger partial charge in [-0.1, -0.05) is 6.07 Å². The third-order valence-electron chi connectivity index (χ3n) is 3.38. The Bertz CT molecular complexity index is 684. The topological polar surface area (TPSA) is 73.6 Å². The number of hydrogen-bond acceptors (Lipinski definition) is 4. The number of ether oxygens (including phenoxy) is 2. The van der Waals surface area contributed by atoms with Gasteiger partial charge in [0.05, 0.1) is 18.5 Å². The van der Waals surface area contributed by atoms with E-state index >= 15 is 0 Å². The Morgan fingerprint density at radius 3 is 2.45 bits per heavy atom. The SMILES string of the molecule is COc1ccc(NC(=O)COc2ccc(C)c(C)c2)c(N)c1. The molecule has 5 heteroatoms. The van der Waals surface area contributed by atoms with Crippen LogP contribution in [-0.4, -0.2) is 19.6 Å². The largest absolute Gasteiger partial charge is 0.497 e. The van der Waals surface area contributed by atoms with E-state index in [1.807, 2.05) is 32.0 Å². The second kappa shape index (κ2) is 6.85. The predicted octanol–water partition coefficient (Wildman–Crippen LogP) is 2.91. The van der Waals surface area contributed by atoms with Gasteiger partial charge in [0.25, 0.3) is 5.91 Å². The van der Waals surface area contributed by atoms with Crippen molar-refractivity contribution in [3.05, 3.63) is 47.5 Å². The Hall–Kier alpha value is -2.69. The number of benzene rings is 2. The Morgan fingerprint density at radius 2 is 1.82 bits per heavy atom. The summed E-state index contributed by atoms with van der Waals surface area (Å²) in [5.41, 5.74) is 9.14. The molecule has 0 bridgehead atoms. The molecule has 0 heterocycles. The molecule has 0 fully saturated rings. The Balaban J connectivity index is 1.94. The van der Waals surface area contributed by atoms with Gasteiger partial charge in [-0.15, -0.1) is 0 Å². The lowest BCUT2D eigenvalue weighted by Gasteiger charge is -2.11. The monoisotopic (exact) mass is 300 g/mol. The van der Waals surface area contributed by atoms with E-state index in [9.17, 15) is 4.79 Å². The van der Waals surface area contributed by atoms with Crippen LogP contribution in [-0.2, 0) is 4.79 Å². The highest BCUT2D eigenvalue weighted by Gasteiger charge is 2.07. The minimum absolute atomic E-state index is 0.0754. The van der Waals surface area contributed by atoms with Crippen LogP contribution in [0.2, 0.25) is 0 Å². The highest BCUT2D eigenvalue weighted by atomic mass is 16.5. The number of carbonyl (C=O) groups is 1. The van der Waals surface area contributed by atoms with Gasteiger partial charge in [-0.25, -0.2) is 0 Å². The van der Waals surface area contributed by atoms with Crippen molar-refractivity contribution in [2.45, 2.75) is 13.8 Å². The summed E-state index contributed by atoms with van der Waals surface area (Å²) in [6.45, 7) is 3.95. The molecule has 0 spiro atoms. The summed E-state index contributed by atoms with van der Waals surface area (Å²) in [5.74, 6) is 1.04. The average molecular weight is 300 g/mol. The maximum atomic E-state index is 11.9. The molecule has 2 aromatic carbocycles. The minimum atomic E-state index is -0.268. The number of carbonyl (C=O) groups excluding carboxylic acids is 1. The Morgan fingerprint density at radius 1 is 1.09 bits per heavy atom. The summed E-state index contributed by atoms with van der Waals surface area (Å²) in [5, 5.41) is 2.71. The number of aryl methyl sites for hydroxylation is 2. The van der Waals surface area contributed by atoms with Crippen LogP contribution in [0.25, 0.3) is 0 Å². The summed E-state index contributed by atoms with van der Waals surface area (Å²) in [4.78, 5) is 11.9. The summed E-state index contributed by atoms with van der Waals surface area (Å²) < 4.78 is 10.5. The minimum Gasteiger partial charge on any atom is -0.497 e. The van der Waals surface area contributed by atoms with Crippen LogP contribution in [0.1, 0.15) is 11.1 Å². The highest BCUT2D eigenvalue weighted by Crippen LogP contribution is 2.24. The van der Waals surface area contributed by atoms with Crippen LogP contribution in [0, 0.1) is 13.8 Å². The summed E-state index contributed by atoms with van der Waals surface area (Å²) in [6.07, 6.45) is 0. The van der Waals surface area contributed by atoms with Crippen LogP contribution in [0.5, 0.6) is 11.5 Å². The van der Waals surface area contributed by atoms with Crippen molar-refractivity contribution in [3.63, 3.8) is 0 Å². The van der Waals surface area contributed by atoms with Crippen LogP contribution >= 0.6 is 0 Å². The normalized spacial score (nSPS) is 10.1. The number of nitrogens with one attached hydrogen (secondary N) is 1. The molecule has 0 unspecified atom stereocenters. The maximum Gasteiger partial charge on any atom is 0.262 e. The number of nitrogens with two attached hydrogens (primary N) is 1. The molecule has 5 nitrogen and oxygen atoms in total. The summed E-state index contributed by atoms with van der Waals surface area (Å²) in [7, 11) is 1.56. The molecule has 0 aliphatic heterocycles. The molecule has 2 rings (SSSR count). The number of amides is 1. The zero-order chi connectivity index (χ0) is 16.1. The third kappa shape index (κ3) is 3.91. The van der Waals surface area contributed by atoms with E-state index in [-0.39, 0.29) is 12.5 Å². The lowest BCUT2D eigenvalue weighted by molar-refractivity contribution is -0.118. The summed E-state index contributed by atoms with van der Waals surface area (Å²) >= 11 is 0. The van der Waals surface area contributed by atoms with Gasteiger partial charge < -0.3 is 20.5 Å². The van der Waals surface area contributed by atoms with Gasteiger partial charge in [0, 0.05) is 6.07 Å². The molecule has 0 aliphatic carbocycles. The van der Waals surface area contributed by atoms with Crippen molar-refractivity contribution < 1.29 is 14.3 Å². The second-order valence-corrected chi connectivity index (χ2v) is 5.04. The molecule has 22 heavy (non-hydrogen) atoms. The van der Waals surface area contributed by atoms with Crippen molar-refractivity contribution in [1.29, 1.82) is 0 Å². The molecule has 3 N–H and O–H groups in total.